The first kappa shape index (κ1) is 15.9. The molecule has 108 valence electrons. The number of hydrogen-bond acceptors (Lipinski definition) is 6. The van der Waals surface area contributed by atoms with Crippen molar-refractivity contribution in [3.63, 3.8) is 0 Å². The second-order valence-corrected chi connectivity index (χ2v) is 6.99. The van der Waals surface area contributed by atoms with Crippen LogP contribution in [0.2, 0.25) is 0 Å². The summed E-state index contributed by atoms with van der Waals surface area (Å²) in [6.45, 7) is 2.94. The van der Waals surface area contributed by atoms with Crippen molar-refractivity contribution in [1.29, 1.82) is 5.26 Å². The summed E-state index contributed by atoms with van der Waals surface area (Å²) in [5.41, 5.74) is -0.218. The van der Waals surface area contributed by atoms with E-state index in [2.05, 4.69) is 0 Å². The molecule has 0 aliphatic rings. The lowest BCUT2D eigenvalue weighted by Gasteiger charge is -2.09. The van der Waals surface area contributed by atoms with Crippen molar-refractivity contribution in [2.75, 3.05) is 12.4 Å². The zero-order valence-electron chi connectivity index (χ0n) is 11.1. The van der Waals surface area contributed by atoms with E-state index in [-0.39, 0.29) is 29.4 Å². The number of ether oxygens (including phenoxy) is 1. The standard InChI is InChI=1S/C12H14N2O5S/c1-9(2)20(17,18)6-5-19-12-4-3-10(8-13)7-11(12)14(15)16/h3-4,7,9H,5-6H2,1-2H3. The van der Waals surface area contributed by atoms with Crippen LogP contribution in [0.15, 0.2) is 18.2 Å². The maximum Gasteiger partial charge on any atom is 0.312 e. The van der Waals surface area contributed by atoms with E-state index in [0.29, 0.717) is 0 Å². The first-order valence-electron chi connectivity index (χ1n) is 5.81. The molecule has 0 aliphatic carbocycles. The molecule has 7 nitrogen and oxygen atoms in total. The molecule has 0 spiro atoms. The van der Waals surface area contributed by atoms with Gasteiger partial charge in [-0.15, -0.1) is 0 Å². The highest BCUT2D eigenvalue weighted by Crippen LogP contribution is 2.27. The maximum absolute atomic E-state index is 11.6. The summed E-state index contributed by atoms with van der Waals surface area (Å²) in [6, 6.07) is 5.54. The molecule has 0 atom stereocenters. The van der Waals surface area contributed by atoms with Crippen LogP contribution in [0.3, 0.4) is 0 Å². The Morgan fingerprint density at radius 1 is 1.45 bits per heavy atom. The molecule has 1 aromatic carbocycles. The van der Waals surface area contributed by atoms with Crippen molar-refractivity contribution < 1.29 is 18.1 Å². The topological polar surface area (TPSA) is 110 Å². The monoisotopic (exact) mass is 298 g/mol. The van der Waals surface area contributed by atoms with Crippen LogP contribution in [-0.4, -0.2) is 31.0 Å². The summed E-state index contributed by atoms with van der Waals surface area (Å²) in [5, 5.41) is 19.0. The molecule has 0 aromatic heterocycles. The summed E-state index contributed by atoms with van der Waals surface area (Å²) in [6.07, 6.45) is 0. The third-order valence-corrected chi connectivity index (χ3v) is 4.80. The first-order valence-corrected chi connectivity index (χ1v) is 7.52. The molecule has 0 heterocycles. The van der Waals surface area contributed by atoms with E-state index in [0.717, 1.165) is 6.07 Å². The Balaban J connectivity index is 2.84. The normalized spacial score (nSPS) is 11.1. The molecule has 0 amide bonds. The average Bonchev–Trinajstić information content (AvgIpc) is 2.38. The minimum Gasteiger partial charge on any atom is -0.486 e. The predicted octanol–water partition coefficient (Wildman–Crippen LogP) is 1.67. The van der Waals surface area contributed by atoms with E-state index < -0.39 is 20.0 Å². The van der Waals surface area contributed by atoms with Gasteiger partial charge in [-0.3, -0.25) is 10.1 Å². The Morgan fingerprint density at radius 3 is 2.60 bits per heavy atom. The van der Waals surface area contributed by atoms with E-state index in [9.17, 15) is 18.5 Å². The molecule has 0 saturated heterocycles. The van der Waals surface area contributed by atoms with Gasteiger partial charge in [0.05, 0.1) is 27.6 Å². The fourth-order valence-electron chi connectivity index (χ4n) is 1.36. The molecule has 0 N–H and O–H groups in total. The van der Waals surface area contributed by atoms with Crippen LogP contribution in [0.4, 0.5) is 5.69 Å². The van der Waals surface area contributed by atoms with Crippen LogP contribution in [0, 0.1) is 21.4 Å². The fraction of sp³-hybridized carbons (Fsp3) is 0.417. The van der Waals surface area contributed by atoms with E-state index in [4.69, 9.17) is 10.00 Å². The lowest BCUT2D eigenvalue weighted by atomic mass is 10.2. The number of nitrogens with zero attached hydrogens (tertiary/aromatic N) is 2. The molecule has 20 heavy (non-hydrogen) atoms. The number of nitro groups is 1. The summed E-state index contributed by atoms with van der Waals surface area (Å²) >= 11 is 0. The van der Waals surface area contributed by atoms with E-state index in [1.165, 1.54) is 12.1 Å². The van der Waals surface area contributed by atoms with Crippen molar-refractivity contribution in [2.45, 2.75) is 19.1 Å². The highest BCUT2D eigenvalue weighted by Gasteiger charge is 2.19. The molecule has 0 aliphatic heterocycles. The molecular weight excluding hydrogens is 284 g/mol. The maximum atomic E-state index is 11.6. The third-order valence-electron chi connectivity index (χ3n) is 2.63. The van der Waals surface area contributed by atoms with Crippen LogP contribution < -0.4 is 4.74 Å². The van der Waals surface area contributed by atoms with Gasteiger partial charge in [-0.25, -0.2) is 8.42 Å². The molecule has 1 aromatic rings. The minimum absolute atomic E-state index is 0.0482. The molecular formula is C12H14N2O5S. The summed E-state index contributed by atoms with van der Waals surface area (Å²) in [4.78, 5) is 10.2. The van der Waals surface area contributed by atoms with Gasteiger partial charge >= 0.3 is 5.69 Å². The second kappa shape index (κ2) is 6.34. The van der Waals surface area contributed by atoms with Gasteiger partial charge in [0.2, 0.25) is 0 Å². The van der Waals surface area contributed by atoms with Gasteiger partial charge in [-0.2, -0.15) is 5.26 Å². The van der Waals surface area contributed by atoms with Crippen LogP contribution in [0.1, 0.15) is 19.4 Å². The van der Waals surface area contributed by atoms with Crippen molar-refractivity contribution >= 4 is 15.5 Å². The smallest absolute Gasteiger partial charge is 0.312 e. The van der Waals surface area contributed by atoms with Crippen LogP contribution in [0.5, 0.6) is 5.75 Å². The number of rotatable bonds is 6. The Bertz CT molecular complexity index is 646. The largest absolute Gasteiger partial charge is 0.486 e. The molecule has 1 rings (SSSR count). The number of sulfone groups is 1. The lowest BCUT2D eigenvalue weighted by Crippen LogP contribution is -2.22. The minimum atomic E-state index is -3.26. The Morgan fingerprint density at radius 2 is 2.10 bits per heavy atom. The quantitative estimate of drug-likeness (QED) is 0.583. The van der Waals surface area contributed by atoms with Gasteiger partial charge in [0.15, 0.2) is 15.6 Å². The molecule has 0 radical (unpaired) electrons. The van der Waals surface area contributed by atoms with E-state index >= 15 is 0 Å². The number of benzene rings is 1. The van der Waals surface area contributed by atoms with Gasteiger partial charge in [-0.05, 0) is 26.0 Å². The van der Waals surface area contributed by atoms with E-state index in [1.807, 2.05) is 0 Å². The second-order valence-electron chi connectivity index (χ2n) is 4.32. The lowest BCUT2D eigenvalue weighted by molar-refractivity contribution is -0.385. The molecule has 0 unspecified atom stereocenters. The van der Waals surface area contributed by atoms with Crippen molar-refractivity contribution in [2.24, 2.45) is 0 Å². The fourth-order valence-corrected chi connectivity index (χ4v) is 2.14. The number of hydrogen-bond donors (Lipinski definition) is 0. The van der Waals surface area contributed by atoms with E-state index in [1.54, 1.807) is 19.9 Å². The average molecular weight is 298 g/mol. The first-order chi connectivity index (χ1) is 9.27. The van der Waals surface area contributed by atoms with Gasteiger partial charge in [0, 0.05) is 6.07 Å². The van der Waals surface area contributed by atoms with Crippen molar-refractivity contribution in [3.8, 4) is 11.8 Å². The summed E-state index contributed by atoms with van der Waals surface area (Å²) in [7, 11) is -3.26. The van der Waals surface area contributed by atoms with Gasteiger partial charge in [0.25, 0.3) is 0 Å². The Labute approximate surface area is 116 Å². The third kappa shape index (κ3) is 3.93. The SMILES string of the molecule is CC(C)S(=O)(=O)CCOc1ccc(C#N)cc1[N+](=O)[O-]. The molecule has 0 bridgehead atoms. The molecule has 0 fully saturated rings. The van der Waals surface area contributed by atoms with Crippen molar-refractivity contribution in [3.05, 3.63) is 33.9 Å². The zero-order chi connectivity index (χ0) is 15.3. The molecule has 0 saturated carbocycles. The Kier molecular flexibility index (Phi) is 5.05. The van der Waals surface area contributed by atoms with Crippen molar-refractivity contribution in [1.82, 2.24) is 0 Å². The summed E-state index contributed by atoms with van der Waals surface area (Å²) in [5.74, 6) is -0.269. The summed E-state index contributed by atoms with van der Waals surface area (Å²) < 4.78 is 28.3. The Hall–Kier alpha value is -2.14. The van der Waals surface area contributed by atoms with Gasteiger partial charge < -0.3 is 4.74 Å². The highest BCUT2D eigenvalue weighted by molar-refractivity contribution is 7.91. The number of nitro benzene ring substituents is 1. The van der Waals surface area contributed by atoms with Crippen LogP contribution >= 0.6 is 0 Å². The van der Waals surface area contributed by atoms with Crippen LogP contribution in [0.25, 0.3) is 0 Å². The predicted molar refractivity (Wildman–Crippen MR) is 72.2 cm³/mol. The van der Waals surface area contributed by atoms with Crippen LogP contribution in [-0.2, 0) is 9.84 Å². The molecule has 8 heteroatoms. The number of nitriles is 1. The van der Waals surface area contributed by atoms with Gasteiger partial charge in [-0.1, -0.05) is 0 Å². The zero-order valence-corrected chi connectivity index (χ0v) is 11.9. The van der Waals surface area contributed by atoms with Gasteiger partial charge in [0.1, 0.15) is 6.61 Å². The highest BCUT2D eigenvalue weighted by atomic mass is 32.2.